The topological polar surface area (TPSA) is 29.1 Å². The van der Waals surface area contributed by atoms with Crippen molar-refractivity contribution in [2.75, 3.05) is 0 Å². The second-order valence-electron chi connectivity index (χ2n) is 7.73. The third-order valence-electron chi connectivity index (χ3n) is 5.19. The fraction of sp³-hybridized carbons (Fsp3) is 0.941. The Balaban J connectivity index is 2.06. The molecule has 1 amide bonds. The van der Waals surface area contributed by atoms with Crippen molar-refractivity contribution < 1.29 is 4.79 Å². The molecule has 2 nitrogen and oxygen atoms in total. The van der Waals surface area contributed by atoms with Crippen LogP contribution in [0.3, 0.4) is 0 Å². The Labute approximate surface area is 118 Å². The Morgan fingerprint density at radius 3 is 2.63 bits per heavy atom. The van der Waals surface area contributed by atoms with E-state index in [2.05, 4.69) is 33.0 Å². The van der Waals surface area contributed by atoms with E-state index in [-0.39, 0.29) is 11.9 Å². The molecule has 2 aliphatic rings. The van der Waals surface area contributed by atoms with Crippen LogP contribution in [0.25, 0.3) is 0 Å². The first-order chi connectivity index (χ1) is 8.92. The van der Waals surface area contributed by atoms with Gasteiger partial charge in [0, 0.05) is 12.5 Å². The minimum atomic E-state index is 0.270. The van der Waals surface area contributed by atoms with Crippen LogP contribution in [-0.4, -0.2) is 11.9 Å². The van der Waals surface area contributed by atoms with Crippen molar-refractivity contribution in [3.05, 3.63) is 0 Å². The molecular formula is C17H31NO. The average molecular weight is 265 g/mol. The van der Waals surface area contributed by atoms with E-state index in [1.165, 1.54) is 38.5 Å². The maximum atomic E-state index is 12.2. The number of rotatable bonds is 4. The lowest BCUT2D eigenvalue weighted by Gasteiger charge is -2.50. The molecule has 1 N–H and O–H groups in total. The highest BCUT2D eigenvalue weighted by atomic mass is 16.1. The van der Waals surface area contributed by atoms with E-state index in [4.69, 9.17) is 0 Å². The summed E-state index contributed by atoms with van der Waals surface area (Å²) in [6.07, 6.45) is 8.72. The van der Waals surface area contributed by atoms with Crippen LogP contribution < -0.4 is 5.32 Å². The molecule has 0 radical (unpaired) electrons. The predicted molar refractivity (Wildman–Crippen MR) is 79.8 cm³/mol. The zero-order valence-corrected chi connectivity index (χ0v) is 13.2. The summed E-state index contributed by atoms with van der Waals surface area (Å²) < 4.78 is 0. The number of hydrogen-bond donors (Lipinski definition) is 1. The van der Waals surface area contributed by atoms with E-state index < -0.39 is 0 Å². The maximum Gasteiger partial charge on any atom is 0.220 e. The van der Waals surface area contributed by atoms with E-state index in [1.54, 1.807) is 0 Å². The molecule has 0 spiro atoms. The van der Waals surface area contributed by atoms with Crippen molar-refractivity contribution >= 4 is 5.91 Å². The van der Waals surface area contributed by atoms with E-state index in [0.29, 0.717) is 5.41 Å². The molecule has 0 saturated heterocycles. The van der Waals surface area contributed by atoms with Crippen LogP contribution in [0.2, 0.25) is 0 Å². The first-order valence-corrected chi connectivity index (χ1v) is 8.22. The summed E-state index contributed by atoms with van der Waals surface area (Å²) in [6, 6.07) is 0.270. The van der Waals surface area contributed by atoms with Crippen molar-refractivity contribution in [1.29, 1.82) is 0 Å². The number of nitrogens with one attached hydrogen (secondary N) is 1. The van der Waals surface area contributed by atoms with Crippen LogP contribution in [0.4, 0.5) is 0 Å². The highest BCUT2D eigenvalue weighted by Gasteiger charge is 2.45. The van der Waals surface area contributed by atoms with Gasteiger partial charge in [0.15, 0.2) is 0 Å². The van der Waals surface area contributed by atoms with E-state index in [9.17, 15) is 4.79 Å². The number of carbonyl (C=O) groups excluding carboxylic acids is 1. The Bertz CT molecular complexity index is 321. The van der Waals surface area contributed by atoms with Crippen molar-refractivity contribution in [2.24, 2.45) is 23.2 Å². The monoisotopic (exact) mass is 265 g/mol. The third kappa shape index (κ3) is 3.73. The third-order valence-corrected chi connectivity index (χ3v) is 5.19. The van der Waals surface area contributed by atoms with Gasteiger partial charge in [-0.15, -0.1) is 0 Å². The smallest absolute Gasteiger partial charge is 0.220 e. The van der Waals surface area contributed by atoms with E-state index >= 15 is 0 Å². The highest BCUT2D eigenvalue weighted by molar-refractivity contribution is 5.77. The average Bonchev–Trinajstić information content (AvgIpc) is 2.24. The van der Waals surface area contributed by atoms with Gasteiger partial charge in [-0.2, -0.15) is 0 Å². The maximum absolute atomic E-state index is 12.2. The van der Waals surface area contributed by atoms with Gasteiger partial charge in [-0.25, -0.2) is 0 Å². The van der Waals surface area contributed by atoms with Gasteiger partial charge in [0.05, 0.1) is 0 Å². The van der Waals surface area contributed by atoms with Crippen LogP contribution in [-0.2, 0) is 4.79 Å². The van der Waals surface area contributed by atoms with Crippen molar-refractivity contribution in [3.8, 4) is 0 Å². The molecule has 2 heteroatoms. The highest BCUT2D eigenvalue weighted by Crippen LogP contribution is 2.55. The van der Waals surface area contributed by atoms with E-state index in [1.807, 2.05) is 0 Å². The molecule has 110 valence electrons. The molecule has 19 heavy (non-hydrogen) atoms. The van der Waals surface area contributed by atoms with Crippen LogP contribution >= 0.6 is 0 Å². The SMILES string of the molecule is CCC1CC2CC(C)CC(CC(=O)NC(C)C)(C1)C2. The molecule has 2 saturated carbocycles. The molecule has 2 fully saturated rings. The normalized spacial score (nSPS) is 38.3. The molecule has 2 rings (SSSR count). The van der Waals surface area contributed by atoms with Gasteiger partial charge < -0.3 is 5.32 Å². The zero-order valence-electron chi connectivity index (χ0n) is 13.2. The van der Waals surface area contributed by atoms with Gasteiger partial charge in [0.1, 0.15) is 0 Å². The summed E-state index contributed by atoms with van der Waals surface area (Å²) in [5.41, 5.74) is 0.320. The molecule has 0 aromatic carbocycles. The standard InChI is InChI=1S/C17H31NO/c1-5-14-7-15-6-13(4)8-17(9-14,10-15)11-16(19)18-12(2)3/h12-15H,5-11H2,1-4H3,(H,18,19). The van der Waals surface area contributed by atoms with Crippen LogP contribution in [0.1, 0.15) is 72.6 Å². The van der Waals surface area contributed by atoms with Crippen LogP contribution in [0.5, 0.6) is 0 Å². The molecule has 4 unspecified atom stereocenters. The lowest BCUT2D eigenvalue weighted by molar-refractivity contribution is -0.126. The molecule has 0 heterocycles. The minimum Gasteiger partial charge on any atom is -0.354 e. The van der Waals surface area contributed by atoms with Crippen molar-refractivity contribution in [3.63, 3.8) is 0 Å². The summed E-state index contributed by atoms with van der Waals surface area (Å²) in [6.45, 7) is 8.81. The Morgan fingerprint density at radius 1 is 1.26 bits per heavy atom. The second kappa shape index (κ2) is 5.85. The summed E-state index contributed by atoms with van der Waals surface area (Å²) in [5.74, 6) is 2.83. The Hall–Kier alpha value is -0.530. The Morgan fingerprint density at radius 2 is 2.00 bits per heavy atom. The minimum absolute atomic E-state index is 0.270. The number of amides is 1. The van der Waals surface area contributed by atoms with Crippen molar-refractivity contribution in [2.45, 2.75) is 78.7 Å². The fourth-order valence-corrected chi connectivity index (χ4v) is 4.93. The summed E-state index contributed by atoms with van der Waals surface area (Å²) in [7, 11) is 0. The zero-order chi connectivity index (χ0) is 14.0. The lowest BCUT2D eigenvalue weighted by Crippen LogP contribution is -2.43. The van der Waals surface area contributed by atoms with Gasteiger partial charge in [-0.3, -0.25) is 4.79 Å². The summed E-state index contributed by atoms with van der Waals surface area (Å²) in [4.78, 5) is 12.2. The molecule has 0 aromatic heterocycles. The summed E-state index contributed by atoms with van der Waals surface area (Å²) >= 11 is 0. The molecule has 0 aromatic rings. The number of carbonyl (C=O) groups is 1. The number of hydrogen-bond acceptors (Lipinski definition) is 1. The van der Waals surface area contributed by atoms with Gasteiger partial charge in [-0.1, -0.05) is 20.3 Å². The molecule has 0 aliphatic heterocycles. The number of fused-ring (bicyclic) bond motifs is 2. The second-order valence-corrected chi connectivity index (χ2v) is 7.73. The molecule has 4 atom stereocenters. The largest absolute Gasteiger partial charge is 0.354 e. The summed E-state index contributed by atoms with van der Waals surface area (Å²) in [5, 5.41) is 3.10. The molecule has 2 bridgehead atoms. The fourth-order valence-electron chi connectivity index (χ4n) is 4.93. The van der Waals surface area contributed by atoms with E-state index in [0.717, 1.165) is 24.2 Å². The van der Waals surface area contributed by atoms with Gasteiger partial charge in [0.25, 0.3) is 0 Å². The first-order valence-electron chi connectivity index (χ1n) is 8.22. The first kappa shape index (κ1) is 14.9. The van der Waals surface area contributed by atoms with Crippen LogP contribution in [0, 0.1) is 23.2 Å². The van der Waals surface area contributed by atoms with Crippen molar-refractivity contribution in [1.82, 2.24) is 5.32 Å². The molecular weight excluding hydrogens is 234 g/mol. The lowest BCUT2D eigenvalue weighted by atomic mass is 9.55. The van der Waals surface area contributed by atoms with Gasteiger partial charge in [0.2, 0.25) is 5.91 Å². The predicted octanol–water partition coefficient (Wildman–Crippen LogP) is 4.14. The molecule has 2 aliphatic carbocycles. The Kier molecular flexibility index (Phi) is 4.58. The van der Waals surface area contributed by atoms with Gasteiger partial charge in [-0.05, 0) is 69.1 Å². The van der Waals surface area contributed by atoms with Gasteiger partial charge >= 0.3 is 0 Å². The quantitative estimate of drug-likeness (QED) is 0.813. The van der Waals surface area contributed by atoms with Crippen LogP contribution in [0.15, 0.2) is 0 Å².